The van der Waals surface area contributed by atoms with Gasteiger partial charge in [0.25, 0.3) is 10.0 Å². The van der Waals surface area contributed by atoms with Gasteiger partial charge in [0, 0.05) is 5.02 Å². The van der Waals surface area contributed by atoms with Crippen molar-refractivity contribution < 1.29 is 8.42 Å². The Morgan fingerprint density at radius 1 is 1.24 bits per heavy atom. The monoisotopic (exact) mass is 329 g/mol. The van der Waals surface area contributed by atoms with E-state index in [1.54, 1.807) is 12.1 Å². The SMILES string of the molecule is CC(C)CCC(C)N=C1Nc2ccc(Cl)cc2S(=O)(=O)N1. The summed E-state index contributed by atoms with van der Waals surface area (Å²) in [6.45, 7) is 6.28. The van der Waals surface area contributed by atoms with Crippen LogP contribution >= 0.6 is 11.6 Å². The van der Waals surface area contributed by atoms with Gasteiger partial charge < -0.3 is 5.32 Å². The van der Waals surface area contributed by atoms with Crippen molar-refractivity contribution in [2.45, 2.75) is 44.6 Å². The van der Waals surface area contributed by atoms with Crippen LogP contribution in [0, 0.1) is 5.92 Å². The zero-order valence-electron chi connectivity index (χ0n) is 12.4. The minimum atomic E-state index is -3.62. The van der Waals surface area contributed by atoms with E-state index in [-0.39, 0.29) is 16.9 Å². The highest BCUT2D eigenvalue weighted by Crippen LogP contribution is 2.27. The predicted octanol–water partition coefficient (Wildman–Crippen LogP) is 3.22. The van der Waals surface area contributed by atoms with Gasteiger partial charge in [-0.25, -0.2) is 18.1 Å². The van der Waals surface area contributed by atoms with Crippen LogP contribution in [0.1, 0.15) is 33.6 Å². The number of nitrogens with zero attached hydrogens (tertiary/aromatic N) is 1. The van der Waals surface area contributed by atoms with Crippen molar-refractivity contribution in [1.82, 2.24) is 4.72 Å². The van der Waals surface area contributed by atoms with Gasteiger partial charge in [-0.05, 0) is 43.9 Å². The minimum absolute atomic E-state index is 0.0476. The smallest absolute Gasteiger partial charge is 0.266 e. The molecule has 1 aromatic carbocycles. The van der Waals surface area contributed by atoms with Crippen molar-refractivity contribution >= 4 is 33.3 Å². The summed E-state index contributed by atoms with van der Waals surface area (Å²) in [5.41, 5.74) is 0.493. The van der Waals surface area contributed by atoms with E-state index in [0.717, 1.165) is 12.8 Å². The molecule has 0 fully saturated rings. The maximum absolute atomic E-state index is 12.2. The Morgan fingerprint density at radius 3 is 2.62 bits per heavy atom. The third kappa shape index (κ3) is 4.11. The lowest BCUT2D eigenvalue weighted by molar-refractivity contribution is 0.515. The average molecular weight is 330 g/mol. The van der Waals surface area contributed by atoms with Gasteiger partial charge in [0.1, 0.15) is 4.90 Å². The Bertz CT molecular complexity index is 656. The zero-order valence-corrected chi connectivity index (χ0v) is 13.9. The van der Waals surface area contributed by atoms with Gasteiger partial charge in [-0.2, -0.15) is 0 Å². The molecule has 1 aromatic rings. The number of sulfonamides is 1. The molecule has 1 heterocycles. The first kappa shape index (κ1) is 16.1. The average Bonchev–Trinajstić information content (AvgIpc) is 2.37. The molecule has 116 valence electrons. The second-order valence-corrected chi connectivity index (χ2v) is 7.76. The van der Waals surface area contributed by atoms with Crippen molar-refractivity contribution in [1.29, 1.82) is 0 Å². The Kier molecular flexibility index (Phi) is 4.78. The predicted molar refractivity (Wildman–Crippen MR) is 86.4 cm³/mol. The molecule has 1 aliphatic heterocycles. The van der Waals surface area contributed by atoms with Crippen LogP contribution in [0.5, 0.6) is 0 Å². The molecule has 1 unspecified atom stereocenters. The Hall–Kier alpha value is -1.27. The van der Waals surface area contributed by atoms with Crippen LogP contribution in [0.25, 0.3) is 0 Å². The molecule has 0 aromatic heterocycles. The molecule has 7 heteroatoms. The van der Waals surface area contributed by atoms with Gasteiger partial charge in [0.05, 0.1) is 11.7 Å². The second kappa shape index (κ2) is 6.23. The van der Waals surface area contributed by atoms with E-state index in [0.29, 0.717) is 16.6 Å². The van der Waals surface area contributed by atoms with Gasteiger partial charge in [-0.15, -0.1) is 0 Å². The molecule has 0 aliphatic carbocycles. The Labute approximate surface area is 130 Å². The number of hydrogen-bond donors (Lipinski definition) is 2. The number of halogens is 1. The van der Waals surface area contributed by atoms with Crippen LogP contribution in [0.2, 0.25) is 5.02 Å². The van der Waals surface area contributed by atoms with Crippen molar-refractivity contribution in [2.75, 3.05) is 5.32 Å². The fourth-order valence-corrected chi connectivity index (χ4v) is 3.47. The van der Waals surface area contributed by atoms with Crippen molar-refractivity contribution in [3.05, 3.63) is 23.2 Å². The van der Waals surface area contributed by atoms with E-state index in [1.165, 1.54) is 6.07 Å². The van der Waals surface area contributed by atoms with Gasteiger partial charge in [0.15, 0.2) is 0 Å². The lowest BCUT2D eigenvalue weighted by Gasteiger charge is -2.22. The number of anilines is 1. The first-order valence-corrected chi connectivity index (χ1v) is 8.81. The quantitative estimate of drug-likeness (QED) is 0.891. The number of nitrogens with one attached hydrogen (secondary N) is 2. The third-order valence-corrected chi connectivity index (χ3v) is 4.84. The summed E-state index contributed by atoms with van der Waals surface area (Å²) in [7, 11) is -3.62. The highest BCUT2D eigenvalue weighted by atomic mass is 35.5. The van der Waals surface area contributed by atoms with Crippen molar-refractivity contribution in [2.24, 2.45) is 10.9 Å². The number of fused-ring (bicyclic) bond motifs is 1. The summed E-state index contributed by atoms with van der Waals surface area (Å²) in [5.74, 6) is 0.868. The van der Waals surface area contributed by atoms with Crippen molar-refractivity contribution in [3.8, 4) is 0 Å². The van der Waals surface area contributed by atoms with Gasteiger partial charge in [-0.1, -0.05) is 25.4 Å². The van der Waals surface area contributed by atoms with E-state index in [4.69, 9.17) is 11.6 Å². The summed E-state index contributed by atoms with van der Waals surface area (Å²) in [5, 5.41) is 3.38. The van der Waals surface area contributed by atoms with Gasteiger partial charge in [-0.3, -0.25) is 0 Å². The first-order valence-electron chi connectivity index (χ1n) is 6.95. The summed E-state index contributed by atoms with van der Waals surface area (Å²) in [6, 6.07) is 4.76. The second-order valence-electron chi connectivity index (χ2n) is 5.67. The van der Waals surface area contributed by atoms with E-state index < -0.39 is 10.0 Å². The van der Waals surface area contributed by atoms with Crippen LogP contribution < -0.4 is 10.0 Å². The van der Waals surface area contributed by atoms with Crippen molar-refractivity contribution in [3.63, 3.8) is 0 Å². The molecule has 1 aliphatic rings. The van der Waals surface area contributed by atoms with E-state index in [2.05, 4.69) is 28.9 Å². The molecule has 0 amide bonds. The van der Waals surface area contributed by atoms with Crippen LogP contribution in [-0.2, 0) is 10.0 Å². The molecule has 0 spiro atoms. The number of benzene rings is 1. The standard InChI is InChI=1S/C14H20ClN3O2S/c1-9(2)4-5-10(3)16-14-17-12-7-6-11(15)8-13(12)21(19,20)18-14/h6-10H,4-5H2,1-3H3,(H2,16,17,18). The summed E-state index contributed by atoms with van der Waals surface area (Å²) >= 11 is 5.85. The normalized spacial score (nSPS) is 19.8. The first-order chi connectivity index (χ1) is 9.78. The van der Waals surface area contributed by atoms with Crippen LogP contribution in [0.15, 0.2) is 28.1 Å². The molecule has 1 atom stereocenters. The van der Waals surface area contributed by atoms with Crippen LogP contribution in [0.4, 0.5) is 5.69 Å². The van der Waals surface area contributed by atoms with E-state index >= 15 is 0 Å². The number of guanidine groups is 1. The topological polar surface area (TPSA) is 70.6 Å². The molecule has 2 rings (SSSR count). The molecule has 0 saturated heterocycles. The van der Waals surface area contributed by atoms with E-state index in [9.17, 15) is 8.42 Å². The van der Waals surface area contributed by atoms with Crippen LogP contribution in [0.3, 0.4) is 0 Å². The molecule has 0 radical (unpaired) electrons. The number of rotatable bonds is 4. The molecule has 5 nitrogen and oxygen atoms in total. The molecule has 0 saturated carbocycles. The number of hydrogen-bond acceptors (Lipinski definition) is 3. The molecule has 21 heavy (non-hydrogen) atoms. The maximum atomic E-state index is 12.2. The number of aliphatic imine (C=N–C) groups is 1. The lowest BCUT2D eigenvalue weighted by atomic mass is 10.1. The van der Waals surface area contributed by atoms with E-state index in [1.807, 2.05) is 6.92 Å². The lowest BCUT2D eigenvalue weighted by Crippen LogP contribution is -2.41. The highest BCUT2D eigenvalue weighted by Gasteiger charge is 2.27. The zero-order chi connectivity index (χ0) is 15.6. The largest absolute Gasteiger partial charge is 0.324 e. The molecule has 2 N–H and O–H groups in total. The molecular formula is C14H20ClN3O2S. The summed E-state index contributed by atoms with van der Waals surface area (Å²) < 4.78 is 26.8. The van der Waals surface area contributed by atoms with Gasteiger partial charge in [0.2, 0.25) is 5.96 Å². The summed E-state index contributed by atoms with van der Waals surface area (Å²) in [4.78, 5) is 4.55. The fraction of sp³-hybridized carbons (Fsp3) is 0.500. The Balaban J connectivity index is 2.21. The maximum Gasteiger partial charge on any atom is 0.266 e. The Morgan fingerprint density at radius 2 is 1.95 bits per heavy atom. The van der Waals surface area contributed by atoms with Gasteiger partial charge >= 0.3 is 0 Å². The fourth-order valence-electron chi connectivity index (χ4n) is 2.08. The summed E-state index contributed by atoms with van der Waals surface area (Å²) in [6.07, 6.45) is 1.97. The minimum Gasteiger partial charge on any atom is -0.324 e. The molecular weight excluding hydrogens is 310 g/mol. The highest BCUT2D eigenvalue weighted by molar-refractivity contribution is 7.90. The van der Waals surface area contributed by atoms with Crippen LogP contribution in [-0.4, -0.2) is 20.4 Å². The third-order valence-electron chi connectivity index (χ3n) is 3.23. The molecule has 0 bridgehead atoms.